The van der Waals surface area contributed by atoms with Crippen LogP contribution in [-0.2, 0) is 65.4 Å². The van der Waals surface area contributed by atoms with Gasteiger partial charge in [-0.25, -0.2) is 9.13 Å². The number of hydrogen-bond donors (Lipinski definition) is 3. The van der Waals surface area contributed by atoms with Crippen LogP contribution in [0.2, 0.25) is 0 Å². The molecule has 5 unspecified atom stereocenters. The zero-order valence-corrected chi connectivity index (χ0v) is 63.0. The predicted octanol–water partition coefficient (Wildman–Crippen LogP) is 21.6. The molecule has 0 amide bonds. The Kier molecular flexibility index (Phi) is 67.6. The van der Waals surface area contributed by atoms with Crippen molar-refractivity contribution in [3.63, 3.8) is 0 Å². The Hall–Kier alpha value is -4.54. The largest absolute Gasteiger partial charge is 0.472 e. The van der Waals surface area contributed by atoms with Crippen LogP contribution >= 0.6 is 15.6 Å². The predicted molar refractivity (Wildman–Crippen MR) is 399 cm³/mol. The van der Waals surface area contributed by atoms with Crippen LogP contribution in [0.4, 0.5) is 0 Å². The molecule has 5 atom stereocenters. The number of unbranched alkanes of at least 4 members (excludes halogenated alkanes) is 24. The van der Waals surface area contributed by atoms with Crippen LogP contribution in [0.15, 0.2) is 122 Å². The number of phosphoric acid groups is 2. The highest BCUT2D eigenvalue weighted by atomic mass is 31.2. The van der Waals surface area contributed by atoms with E-state index in [0.717, 1.165) is 154 Å². The number of aliphatic hydroxyl groups is 1. The van der Waals surface area contributed by atoms with Gasteiger partial charge < -0.3 is 33.8 Å². The van der Waals surface area contributed by atoms with E-state index in [-0.39, 0.29) is 25.7 Å². The highest BCUT2D eigenvalue weighted by molar-refractivity contribution is 7.47. The SMILES string of the molecule is CC/C=C\C/C=C\C/C=C\C/C=C\C/C=C\CCCC(=O)OCC(COP(=O)(O)OCC(O)COP(=O)(O)OCC(COC(=O)CCCCCCC/C=C\C/C=C\C/C=C\CC)OC(=O)CCCCCCC/C=C\C/C=C\CCCCC)OC(=O)CCCCCCCCCCCCC. The number of phosphoric ester groups is 2. The summed E-state index contributed by atoms with van der Waals surface area (Å²) in [5.74, 6) is -2.27. The first-order valence-electron chi connectivity index (χ1n) is 37.8. The molecule has 0 aromatic carbocycles. The summed E-state index contributed by atoms with van der Waals surface area (Å²) in [5, 5.41) is 10.6. The van der Waals surface area contributed by atoms with Crippen molar-refractivity contribution in [2.45, 2.75) is 316 Å². The lowest BCUT2D eigenvalue weighted by molar-refractivity contribution is -0.161. The second-order valence-electron chi connectivity index (χ2n) is 24.8. The third-order valence-electron chi connectivity index (χ3n) is 15.4. The number of rotatable bonds is 70. The number of carbonyl (C=O) groups excluding carboxylic acids is 4. The van der Waals surface area contributed by atoms with Crippen LogP contribution in [0.1, 0.15) is 297 Å². The van der Waals surface area contributed by atoms with Gasteiger partial charge in [-0.1, -0.05) is 265 Å². The van der Waals surface area contributed by atoms with Crippen LogP contribution in [-0.4, -0.2) is 96.7 Å². The van der Waals surface area contributed by atoms with Gasteiger partial charge in [0.15, 0.2) is 12.2 Å². The van der Waals surface area contributed by atoms with Gasteiger partial charge in [0.05, 0.1) is 26.4 Å². The standard InChI is InChI=1S/C79H134O17P2/c1-5-9-13-17-21-25-29-32-35-36-39-41-45-48-52-56-60-64-77(82)89-69-74(95-78(83)65-61-57-53-49-43-28-24-20-16-12-8-4)71-93-97(85,86)91-67-73(80)68-92-98(87,88)94-72-75(96-79(84)66-62-58-54-50-46-42-38-34-31-27-23-19-15-11-7-3)70-90-76(81)63-59-55-51-47-44-40-37-33-30-26-22-18-14-10-6-2/h9-10,13-14,21-23,25-27,32-35,37-39,41,48,52,73-75,80H,5-8,11-12,15-20,24,28-31,36,40,42-47,49-51,53-72H2,1-4H3,(H,85,86)(H,87,88)/b13-9-,14-10-,25-21-,26-22-,27-23-,35-32-,37-33-,38-34-,41-39-,52-48-. The number of aliphatic hydroxyl groups excluding tert-OH is 1. The summed E-state index contributed by atoms with van der Waals surface area (Å²) in [6.45, 7) is 4.51. The van der Waals surface area contributed by atoms with E-state index in [0.29, 0.717) is 32.1 Å². The van der Waals surface area contributed by atoms with Crippen molar-refractivity contribution < 1.29 is 80.2 Å². The lowest BCUT2D eigenvalue weighted by Gasteiger charge is -2.21. The summed E-state index contributed by atoms with van der Waals surface area (Å²) in [6, 6.07) is 0. The van der Waals surface area contributed by atoms with Gasteiger partial charge in [0.2, 0.25) is 0 Å². The molecular weight excluding hydrogens is 1280 g/mol. The Morgan fingerprint density at radius 3 is 0.878 bits per heavy atom. The summed E-state index contributed by atoms with van der Waals surface area (Å²) in [4.78, 5) is 72.8. The molecule has 19 heteroatoms. The van der Waals surface area contributed by atoms with Gasteiger partial charge >= 0.3 is 39.5 Å². The molecular formula is C79H134O17P2. The molecule has 562 valence electrons. The molecule has 0 aliphatic rings. The minimum atomic E-state index is -4.99. The van der Waals surface area contributed by atoms with Gasteiger partial charge in [0, 0.05) is 25.7 Å². The minimum Gasteiger partial charge on any atom is -0.462 e. The molecule has 0 bridgehead atoms. The van der Waals surface area contributed by atoms with Crippen LogP contribution in [0, 0.1) is 0 Å². The summed E-state index contributed by atoms with van der Waals surface area (Å²) >= 11 is 0. The topological polar surface area (TPSA) is 237 Å². The van der Waals surface area contributed by atoms with E-state index in [2.05, 4.69) is 137 Å². The maximum Gasteiger partial charge on any atom is 0.472 e. The van der Waals surface area contributed by atoms with E-state index < -0.39 is 97.5 Å². The lowest BCUT2D eigenvalue weighted by atomic mass is 10.1. The van der Waals surface area contributed by atoms with Crippen molar-refractivity contribution >= 4 is 39.5 Å². The Morgan fingerprint density at radius 2 is 0.541 bits per heavy atom. The molecule has 0 heterocycles. The second-order valence-corrected chi connectivity index (χ2v) is 27.7. The summed E-state index contributed by atoms with van der Waals surface area (Å²) in [7, 11) is -9.97. The first-order chi connectivity index (χ1) is 47.7. The molecule has 0 aliphatic carbocycles. The van der Waals surface area contributed by atoms with Gasteiger partial charge in [0.25, 0.3) is 0 Å². The highest BCUT2D eigenvalue weighted by Crippen LogP contribution is 2.45. The Morgan fingerprint density at radius 1 is 0.296 bits per heavy atom. The van der Waals surface area contributed by atoms with Gasteiger partial charge in [-0.2, -0.15) is 0 Å². The molecule has 0 fully saturated rings. The number of esters is 4. The molecule has 0 saturated carbocycles. The summed E-state index contributed by atoms with van der Waals surface area (Å²) in [6.07, 6.45) is 76.3. The summed E-state index contributed by atoms with van der Waals surface area (Å²) < 4.78 is 68.3. The Labute approximate surface area is 593 Å². The van der Waals surface area contributed by atoms with Crippen molar-refractivity contribution in [2.75, 3.05) is 39.6 Å². The first kappa shape index (κ1) is 93.5. The molecule has 0 saturated heterocycles. The zero-order valence-electron chi connectivity index (χ0n) is 61.2. The number of hydrogen-bond acceptors (Lipinski definition) is 15. The monoisotopic (exact) mass is 1420 g/mol. The molecule has 0 aliphatic heterocycles. The average molecular weight is 1420 g/mol. The van der Waals surface area contributed by atoms with Crippen LogP contribution in [0.3, 0.4) is 0 Å². The van der Waals surface area contributed by atoms with Crippen molar-refractivity contribution in [3.8, 4) is 0 Å². The molecule has 0 aromatic rings. The van der Waals surface area contributed by atoms with E-state index >= 15 is 0 Å². The zero-order chi connectivity index (χ0) is 71.8. The maximum absolute atomic E-state index is 13.1. The van der Waals surface area contributed by atoms with Gasteiger partial charge in [-0.05, 0) is 128 Å². The van der Waals surface area contributed by atoms with E-state index in [1.807, 2.05) is 12.2 Å². The van der Waals surface area contributed by atoms with Gasteiger partial charge in [-0.15, -0.1) is 0 Å². The maximum atomic E-state index is 13.1. The van der Waals surface area contributed by atoms with Crippen molar-refractivity contribution in [1.82, 2.24) is 0 Å². The fourth-order valence-electron chi connectivity index (χ4n) is 9.71. The van der Waals surface area contributed by atoms with Crippen molar-refractivity contribution in [3.05, 3.63) is 122 Å². The third kappa shape index (κ3) is 69.9. The second kappa shape index (κ2) is 70.9. The molecule has 0 rings (SSSR count). The minimum absolute atomic E-state index is 0.0723. The molecule has 17 nitrogen and oxygen atoms in total. The number of carbonyl (C=O) groups is 4. The normalized spacial score (nSPS) is 14.6. The van der Waals surface area contributed by atoms with Crippen LogP contribution in [0.25, 0.3) is 0 Å². The first-order valence-corrected chi connectivity index (χ1v) is 40.8. The average Bonchev–Trinajstić information content (AvgIpc) is 0.986. The fourth-order valence-corrected chi connectivity index (χ4v) is 11.3. The Bertz CT molecular complexity index is 2340. The number of ether oxygens (including phenoxy) is 4. The van der Waals surface area contributed by atoms with Crippen LogP contribution in [0.5, 0.6) is 0 Å². The Balaban J connectivity index is 5.39. The van der Waals surface area contributed by atoms with E-state index in [1.54, 1.807) is 0 Å². The molecule has 0 radical (unpaired) electrons. The van der Waals surface area contributed by atoms with E-state index in [1.165, 1.54) is 57.8 Å². The van der Waals surface area contributed by atoms with Gasteiger partial charge in [-0.3, -0.25) is 37.3 Å². The van der Waals surface area contributed by atoms with E-state index in [4.69, 9.17) is 37.0 Å². The lowest BCUT2D eigenvalue weighted by Crippen LogP contribution is -2.30. The highest BCUT2D eigenvalue weighted by Gasteiger charge is 2.30. The van der Waals surface area contributed by atoms with E-state index in [9.17, 15) is 43.2 Å². The molecule has 0 aromatic heterocycles. The quantitative estimate of drug-likeness (QED) is 0.0169. The van der Waals surface area contributed by atoms with Crippen molar-refractivity contribution in [1.29, 1.82) is 0 Å². The third-order valence-corrected chi connectivity index (χ3v) is 17.3. The fraction of sp³-hybridized carbons (Fsp3) is 0.696. The molecule has 0 spiro atoms. The van der Waals surface area contributed by atoms with Crippen molar-refractivity contribution in [2.24, 2.45) is 0 Å². The summed E-state index contributed by atoms with van der Waals surface area (Å²) in [5.41, 5.74) is 0. The van der Waals surface area contributed by atoms with Gasteiger partial charge in [0.1, 0.15) is 19.3 Å². The molecule has 98 heavy (non-hydrogen) atoms. The molecule has 3 N–H and O–H groups in total. The smallest absolute Gasteiger partial charge is 0.462 e. The number of allylic oxidation sites excluding steroid dienone is 20. The van der Waals surface area contributed by atoms with Crippen LogP contribution < -0.4 is 0 Å².